The molecule has 0 unspecified atom stereocenters. The minimum Gasteiger partial charge on any atom is -0.351 e. The molecule has 0 amide bonds. The molecular weight excluding hydrogens is 376 g/mol. The predicted molar refractivity (Wildman–Crippen MR) is 118 cm³/mol. The van der Waals surface area contributed by atoms with Gasteiger partial charge in [0.15, 0.2) is 0 Å². The van der Waals surface area contributed by atoms with Crippen LogP contribution in [0.1, 0.15) is 11.1 Å². The van der Waals surface area contributed by atoms with E-state index in [1.807, 2.05) is 12.1 Å². The van der Waals surface area contributed by atoms with Crippen LogP contribution in [0, 0.1) is 0 Å². The third-order valence-corrected chi connectivity index (χ3v) is 5.73. The summed E-state index contributed by atoms with van der Waals surface area (Å²) in [4.78, 5) is 22.8. The molecule has 5 rings (SSSR count). The van der Waals surface area contributed by atoms with Crippen LogP contribution in [0.2, 0.25) is 0 Å². The van der Waals surface area contributed by atoms with Crippen molar-refractivity contribution in [2.24, 2.45) is 0 Å². The molecule has 0 atom stereocenters. The number of nitrogens with one attached hydrogen (secondary N) is 2. The van der Waals surface area contributed by atoms with Gasteiger partial charge in [0.1, 0.15) is 0 Å². The van der Waals surface area contributed by atoms with Crippen molar-refractivity contribution in [1.82, 2.24) is 24.8 Å². The van der Waals surface area contributed by atoms with Crippen molar-refractivity contribution in [2.45, 2.75) is 18.9 Å². The van der Waals surface area contributed by atoms with Crippen molar-refractivity contribution < 1.29 is 0 Å². The number of aromatic nitrogens is 4. The second-order valence-corrected chi connectivity index (χ2v) is 7.95. The minimum absolute atomic E-state index is 0.291. The smallest absolute Gasteiger partial charge is 0.233 e. The molecule has 0 radical (unpaired) electrons. The van der Waals surface area contributed by atoms with Crippen molar-refractivity contribution in [3.05, 3.63) is 59.9 Å². The van der Waals surface area contributed by atoms with Gasteiger partial charge >= 0.3 is 0 Å². The molecule has 2 aliphatic rings. The van der Waals surface area contributed by atoms with Crippen molar-refractivity contribution in [1.29, 1.82) is 0 Å². The number of nitrogens with zero attached hydrogens (tertiary/aromatic N) is 6. The van der Waals surface area contributed by atoms with Gasteiger partial charge in [-0.15, -0.1) is 0 Å². The fourth-order valence-electron chi connectivity index (χ4n) is 4.04. The number of hydrogen-bond donors (Lipinski definition) is 2. The Balaban J connectivity index is 1.39. The van der Waals surface area contributed by atoms with Gasteiger partial charge in [-0.05, 0) is 43.1 Å². The van der Waals surface area contributed by atoms with Gasteiger partial charge in [-0.25, -0.2) is 0 Å². The summed E-state index contributed by atoms with van der Waals surface area (Å²) in [6.07, 6.45) is 5.47. The lowest BCUT2D eigenvalue weighted by molar-refractivity contribution is 0.311. The van der Waals surface area contributed by atoms with Crippen LogP contribution in [0.25, 0.3) is 0 Å². The second-order valence-electron chi connectivity index (χ2n) is 7.95. The number of benzene rings is 1. The molecule has 30 heavy (non-hydrogen) atoms. The first kappa shape index (κ1) is 18.7. The quantitative estimate of drug-likeness (QED) is 0.673. The first-order valence-corrected chi connectivity index (χ1v) is 10.4. The topological polar surface area (TPSA) is 82.1 Å². The molecule has 2 aromatic heterocycles. The van der Waals surface area contributed by atoms with Gasteiger partial charge in [0.05, 0.1) is 0 Å². The largest absolute Gasteiger partial charge is 0.351 e. The highest BCUT2D eigenvalue weighted by Crippen LogP contribution is 2.25. The average molecular weight is 403 g/mol. The van der Waals surface area contributed by atoms with Crippen LogP contribution in [-0.2, 0) is 12.8 Å². The van der Waals surface area contributed by atoms with Gasteiger partial charge in [0, 0.05) is 50.3 Å². The van der Waals surface area contributed by atoms with E-state index in [0.717, 1.165) is 44.7 Å². The third kappa shape index (κ3) is 4.18. The molecule has 154 valence electrons. The Morgan fingerprint density at radius 1 is 0.833 bits per heavy atom. The van der Waals surface area contributed by atoms with Gasteiger partial charge in [-0.3, -0.25) is 4.98 Å². The summed E-state index contributed by atoms with van der Waals surface area (Å²) in [7, 11) is 2.14. The summed E-state index contributed by atoms with van der Waals surface area (Å²) in [6.45, 7) is 3.81. The van der Waals surface area contributed by atoms with Crippen LogP contribution in [0.15, 0.2) is 48.8 Å². The van der Waals surface area contributed by atoms with Gasteiger partial charge in [-0.2, -0.15) is 15.0 Å². The Morgan fingerprint density at radius 3 is 2.20 bits per heavy atom. The molecule has 3 aromatic rings. The number of rotatable bonds is 5. The molecule has 0 bridgehead atoms. The zero-order chi connectivity index (χ0) is 20.3. The highest BCUT2D eigenvalue weighted by molar-refractivity contribution is 5.55. The highest BCUT2D eigenvalue weighted by Gasteiger charge is 2.23. The van der Waals surface area contributed by atoms with Crippen molar-refractivity contribution in [3.63, 3.8) is 0 Å². The van der Waals surface area contributed by atoms with Gasteiger partial charge in [0.2, 0.25) is 17.8 Å². The normalized spacial score (nSPS) is 17.0. The number of anilines is 4. The molecule has 0 saturated carbocycles. The van der Waals surface area contributed by atoms with Crippen molar-refractivity contribution in [2.75, 3.05) is 48.8 Å². The van der Waals surface area contributed by atoms with Crippen molar-refractivity contribution >= 4 is 23.5 Å². The fraction of sp³-hybridized carbons (Fsp3) is 0.364. The average Bonchev–Trinajstić information content (AvgIpc) is 3.17. The molecule has 1 saturated heterocycles. The van der Waals surface area contributed by atoms with Crippen LogP contribution >= 0.6 is 0 Å². The monoisotopic (exact) mass is 402 g/mol. The van der Waals surface area contributed by atoms with E-state index < -0.39 is 0 Å². The maximum absolute atomic E-state index is 4.77. The predicted octanol–water partition coefficient (Wildman–Crippen LogP) is 2.34. The molecule has 3 heterocycles. The SMILES string of the molecule is CN1CCN(c2nc(Nc3ccncc3)nc(NC3Cc4ccccc4C3)n2)CC1. The first-order valence-electron chi connectivity index (χ1n) is 10.4. The summed E-state index contributed by atoms with van der Waals surface area (Å²) < 4.78 is 0. The highest BCUT2D eigenvalue weighted by atomic mass is 15.4. The molecule has 1 aromatic carbocycles. The molecule has 8 heteroatoms. The Kier molecular flexibility index (Phi) is 5.15. The summed E-state index contributed by atoms with van der Waals surface area (Å²) in [6, 6.07) is 12.7. The Bertz CT molecular complexity index is 976. The maximum Gasteiger partial charge on any atom is 0.233 e. The van der Waals surface area contributed by atoms with E-state index in [4.69, 9.17) is 9.97 Å². The van der Waals surface area contributed by atoms with Crippen LogP contribution < -0.4 is 15.5 Å². The van der Waals surface area contributed by atoms with E-state index in [2.05, 4.69) is 61.7 Å². The molecule has 8 nitrogen and oxygen atoms in total. The summed E-state index contributed by atoms with van der Waals surface area (Å²) in [5.74, 6) is 1.88. The molecule has 1 aliphatic heterocycles. The number of piperazine rings is 1. The Labute approximate surface area is 176 Å². The van der Waals surface area contributed by atoms with E-state index in [1.54, 1.807) is 12.4 Å². The number of fused-ring (bicyclic) bond motifs is 1. The van der Waals surface area contributed by atoms with E-state index >= 15 is 0 Å². The van der Waals surface area contributed by atoms with Crippen LogP contribution in [0.4, 0.5) is 23.5 Å². The molecule has 0 spiro atoms. The Hall–Kier alpha value is -3.26. The minimum atomic E-state index is 0.291. The van der Waals surface area contributed by atoms with E-state index in [-0.39, 0.29) is 0 Å². The zero-order valence-electron chi connectivity index (χ0n) is 17.1. The van der Waals surface area contributed by atoms with Crippen LogP contribution in [-0.4, -0.2) is 64.1 Å². The van der Waals surface area contributed by atoms with E-state index in [1.165, 1.54) is 11.1 Å². The fourth-order valence-corrected chi connectivity index (χ4v) is 4.04. The molecular formula is C22H26N8. The lowest BCUT2D eigenvalue weighted by Crippen LogP contribution is -2.45. The van der Waals surface area contributed by atoms with Gasteiger partial charge in [-0.1, -0.05) is 24.3 Å². The standard InChI is InChI=1S/C22H26N8/c1-29-10-12-30(13-11-29)22-27-20(24-18-6-8-23-9-7-18)26-21(28-22)25-19-14-16-4-2-3-5-17(16)15-19/h2-9,19H,10-15H2,1H3,(H2,23,24,25,26,27,28). The van der Waals surface area contributed by atoms with E-state index in [0.29, 0.717) is 23.9 Å². The molecule has 1 fully saturated rings. The van der Waals surface area contributed by atoms with Crippen LogP contribution in [0.5, 0.6) is 0 Å². The lowest BCUT2D eigenvalue weighted by Gasteiger charge is -2.32. The third-order valence-electron chi connectivity index (χ3n) is 5.73. The summed E-state index contributed by atoms with van der Waals surface area (Å²) in [5.41, 5.74) is 3.71. The zero-order valence-corrected chi connectivity index (χ0v) is 17.1. The number of pyridine rings is 1. The second kappa shape index (κ2) is 8.23. The maximum atomic E-state index is 4.77. The summed E-state index contributed by atoms with van der Waals surface area (Å²) >= 11 is 0. The molecule has 1 aliphatic carbocycles. The van der Waals surface area contributed by atoms with Crippen molar-refractivity contribution in [3.8, 4) is 0 Å². The summed E-state index contributed by atoms with van der Waals surface area (Å²) in [5, 5.41) is 6.85. The van der Waals surface area contributed by atoms with Gasteiger partial charge in [0.25, 0.3) is 0 Å². The number of hydrogen-bond acceptors (Lipinski definition) is 8. The van der Waals surface area contributed by atoms with Gasteiger partial charge < -0.3 is 20.4 Å². The Morgan fingerprint density at radius 2 is 1.50 bits per heavy atom. The first-order chi connectivity index (χ1) is 14.7. The number of likely N-dealkylation sites (N-methyl/N-ethyl adjacent to an activating group) is 1. The van der Waals surface area contributed by atoms with E-state index in [9.17, 15) is 0 Å². The van der Waals surface area contributed by atoms with Crippen LogP contribution in [0.3, 0.4) is 0 Å². The lowest BCUT2D eigenvalue weighted by atomic mass is 10.1. The molecule has 2 N–H and O–H groups in total.